The fourth-order valence-corrected chi connectivity index (χ4v) is 2.76. The number of esters is 1. The second-order valence-corrected chi connectivity index (χ2v) is 6.98. The molecule has 146 valence electrons. The molecular weight excluding hydrogens is 308 g/mol. The van der Waals surface area contributed by atoms with Gasteiger partial charge in [0.25, 0.3) is 0 Å². The lowest BCUT2D eigenvalue weighted by molar-refractivity contribution is -0.138. The Kier molecular flexibility index (Phi) is 20.1. The average Bonchev–Trinajstić information content (AvgIpc) is 2.62. The van der Waals surface area contributed by atoms with E-state index in [4.69, 9.17) is 4.74 Å². The lowest BCUT2D eigenvalue weighted by atomic mass is 10.1. The molecule has 0 amide bonds. The van der Waals surface area contributed by atoms with Crippen LogP contribution < -0.4 is 0 Å². The number of carbonyl (C=O) groups excluding carboxylic acids is 1. The number of hydrogen-bond donors (Lipinski definition) is 0. The standard InChI is InChI=1S/C23H42O2/c1-3-5-7-8-9-10-11-12-13-14-15-16-17-18-19-21-23(24)25-22-20-6-4-2/h12-13,20,22H,3-11,14-19,21H2,1-2H3/b13-12-,22-20+. The Morgan fingerprint density at radius 3 is 1.80 bits per heavy atom. The van der Waals surface area contributed by atoms with Gasteiger partial charge in [0, 0.05) is 6.42 Å². The zero-order valence-corrected chi connectivity index (χ0v) is 16.9. The van der Waals surface area contributed by atoms with E-state index in [1.807, 2.05) is 6.08 Å². The van der Waals surface area contributed by atoms with Crippen LogP contribution in [0.25, 0.3) is 0 Å². The zero-order chi connectivity index (χ0) is 18.4. The van der Waals surface area contributed by atoms with Crippen molar-refractivity contribution < 1.29 is 9.53 Å². The second-order valence-electron chi connectivity index (χ2n) is 6.98. The molecule has 0 unspecified atom stereocenters. The Bertz CT molecular complexity index is 331. The van der Waals surface area contributed by atoms with Gasteiger partial charge < -0.3 is 4.74 Å². The topological polar surface area (TPSA) is 26.3 Å². The smallest absolute Gasteiger partial charge is 0.310 e. The van der Waals surface area contributed by atoms with Crippen molar-refractivity contribution in [3.05, 3.63) is 24.5 Å². The van der Waals surface area contributed by atoms with E-state index in [2.05, 4.69) is 26.0 Å². The monoisotopic (exact) mass is 350 g/mol. The van der Waals surface area contributed by atoms with Gasteiger partial charge in [-0.15, -0.1) is 0 Å². The van der Waals surface area contributed by atoms with Gasteiger partial charge >= 0.3 is 5.97 Å². The quantitative estimate of drug-likeness (QED) is 0.109. The zero-order valence-electron chi connectivity index (χ0n) is 16.9. The van der Waals surface area contributed by atoms with Gasteiger partial charge in [0.15, 0.2) is 0 Å². The highest BCUT2D eigenvalue weighted by atomic mass is 16.5. The van der Waals surface area contributed by atoms with E-state index < -0.39 is 0 Å². The van der Waals surface area contributed by atoms with Gasteiger partial charge in [-0.1, -0.05) is 83.8 Å². The molecule has 0 bridgehead atoms. The third kappa shape index (κ3) is 20.9. The minimum absolute atomic E-state index is 0.0926. The van der Waals surface area contributed by atoms with Crippen LogP contribution in [0.4, 0.5) is 0 Å². The van der Waals surface area contributed by atoms with Crippen LogP contribution in [0.5, 0.6) is 0 Å². The maximum atomic E-state index is 11.5. The SMILES string of the molecule is CCC/C=C/OC(=O)CCCCCCC/C=C\CCCCCCCC. The summed E-state index contributed by atoms with van der Waals surface area (Å²) in [4.78, 5) is 11.5. The summed E-state index contributed by atoms with van der Waals surface area (Å²) in [6.07, 6.45) is 27.4. The molecule has 0 aromatic rings. The minimum Gasteiger partial charge on any atom is -0.435 e. The largest absolute Gasteiger partial charge is 0.435 e. The normalized spacial score (nSPS) is 11.6. The van der Waals surface area contributed by atoms with Crippen LogP contribution >= 0.6 is 0 Å². The average molecular weight is 351 g/mol. The predicted molar refractivity (Wildman–Crippen MR) is 110 cm³/mol. The van der Waals surface area contributed by atoms with Crippen LogP contribution in [0.1, 0.15) is 117 Å². The van der Waals surface area contributed by atoms with E-state index in [-0.39, 0.29) is 5.97 Å². The molecule has 25 heavy (non-hydrogen) atoms. The molecule has 2 nitrogen and oxygen atoms in total. The summed E-state index contributed by atoms with van der Waals surface area (Å²) in [6.45, 7) is 4.38. The van der Waals surface area contributed by atoms with Crippen LogP contribution in [0, 0.1) is 0 Å². The van der Waals surface area contributed by atoms with Crippen molar-refractivity contribution >= 4 is 5.97 Å². The number of hydrogen-bond acceptors (Lipinski definition) is 2. The molecule has 0 aromatic carbocycles. The maximum Gasteiger partial charge on any atom is 0.310 e. The van der Waals surface area contributed by atoms with Crippen molar-refractivity contribution in [3.63, 3.8) is 0 Å². The van der Waals surface area contributed by atoms with Crippen molar-refractivity contribution in [1.82, 2.24) is 0 Å². The first-order valence-corrected chi connectivity index (χ1v) is 10.8. The molecule has 0 rings (SSSR count). The molecule has 2 heteroatoms. The first-order chi connectivity index (χ1) is 12.3. The molecule has 0 spiro atoms. The van der Waals surface area contributed by atoms with Gasteiger partial charge in [-0.2, -0.15) is 0 Å². The number of unbranched alkanes of at least 4 members (excludes halogenated alkanes) is 12. The molecule has 0 aliphatic carbocycles. The van der Waals surface area contributed by atoms with Crippen LogP contribution in [-0.4, -0.2) is 5.97 Å². The summed E-state index contributed by atoms with van der Waals surface area (Å²) in [7, 11) is 0. The summed E-state index contributed by atoms with van der Waals surface area (Å²) in [6, 6.07) is 0. The van der Waals surface area contributed by atoms with Gasteiger partial charge in [0.2, 0.25) is 0 Å². The van der Waals surface area contributed by atoms with Crippen molar-refractivity contribution in [2.45, 2.75) is 117 Å². The van der Waals surface area contributed by atoms with E-state index in [0.717, 1.165) is 25.7 Å². The summed E-state index contributed by atoms with van der Waals surface area (Å²) >= 11 is 0. The van der Waals surface area contributed by atoms with Crippen LogP contribution in [0.15, 0.2) is 24.5 Å². The number of rotatable bonds is 18. The Hall–Kier alpha value is -1.05. The van der Waals surface area contributed by atoms with Gasteiger partial charge in [0.1, 0.15) is 0 Å². The van der Waals surface area contributed by atoms with E-state index in [9.17, 15) is 4.79 Å². The molecule has 0 radical (unpaired) electrons. The summed E-state index contributed by atoms with van der Waals surface area (Å²) in [5.41, 5.74) is 0. The van der Waals surface area contributed by atoms with Crippen molar-refractivity contribution in [1.29, 1.82) is 0 Å². The Labute approximate surface area is 157 Å². The van der Waals surface area contributed by atoms with Crippen LogP contribution in [0.2, 0.25) is 0 Å². The summed E-state index contributed by atoms with van der Waals surface area (Å²) in [5, 5.41) is 0. The molecule has 0 aliphatic heterocycles. The Morgan fingerprint density at radius 1 is 0.640 bits per heavy atom. The molecule has 0 fully saturated rings. The molecular formula is C23H42O2. The summed E-state index contributed by atoms with van der Waals surface area (Å²) < 4.78 is 5.03. The first-order valence-electron chi connectivity index (χ1n) is 10.8. The first kappa shape index (κ1) is 23.9. The second kappa shape index (κ2) is 21.0. The highest BCUT2D eigenvalue weighted by Crippen LogP contribution is 2.10. The fourth-order valence-electron chi connectivity index (χ4n) is 2.76. The highest BCUT2D eigenvalue weighted by Gasteiger charge is 2.00. The maximum absolute atomic E-state index is 11.5. The Morgan fingerprint density at radius 2 is 1.20 bits per heavy atom. The summed E-state index contributed by atoms with van der Waals surface area (Å²) in [5.74, 6) is -0.0926. The van der Waals surface area contributed by atoms with Crippen molar-refractivity contribution in [3.8, 4) is 0 Å². The highest BCUT2D eigenvalue weighted by molar-refractivity contribution is 5.69. The Balaban J connectivity index is 3.22. The van der Waals surface area contributed by atoms with Gasteiger partial charge in [-0.3, -0.25) is 4.79 Å². The molecule has 0 aromatic heterocycles. The lowest BCUT2D eigenvalue weighted by Crippen LogP contribution is -1.98. The van der Waals surface area contributed by atoms with Gasteiger partial charge in [-0.05, 0) is 44.6 Å². The predicted octanol–water partition coefficient (Wildman–Crippen LogP) is 7.88. The molecule has 0 saturated carbocycles. The number of ether oxygens (including phenoxy) is 1. The van der Waals surface area contributed by atoms with E-state index in [0.29, 0.717) is 6.42 Å². The van der Waals surface area contributed by atoms with Gasteiger partial charge in [-0.25, -0.2) is 0 Å². The third-order valence-corrected chi connectivity index (χ3v) is 4.39. The van der Waals surface area contributed by atoms with Gasteiger partial charge in [0.05, 0.1) is 6.26 Å². The van der Waals surface area contributed by atoms with Crippen LogP contribution in [-0.2, 0) is 9.53 Å². The van der Waals surface area contributed by atoms with Crippen molar-refractivity contribution in [2.24, 2.45) is 0 Å². The number of carbonyl (C=O) groups is 1. The number of allylic oxidation sites excluding steroid dienone is 3. The molecule has 0 heterocycles. The molecule has 0 saturated heterocycles. The van der Waals surface area contributed by atoms with Crippen LogP contribution in [0.3, 0.4) is 0 Å². The lowest BCUT2D eigenvalue weighted by Gasteiger charge is -2.01. The van der Waals surface area contributed by atoms with Crippen molar-refractivity contribution in [2.75, 3.05) is 0 Å². The van der Waals surface area contributed by atoms with E-state index >= 15 is 0 Å². The van der Waals surface area contributed by atoms with E-state index in [1.54, 1.807) is 6.26 Å². The third-order valence-electron chi connectivity index (χ3n) is 4.39. The minimum atomic E-state index is -0.0926. The molecule has 0 atom stereocenters. The molecule has 0 aliphatic rings. The fraction of sp³-hybridized carbons (Fsp3) is 0.783. The molecule has 0 N–H and O–H groups in total. The van der Waals surface area contributed by atoms with E-state index in [1.165, 1.54) is 70.6 Å².